The van der Waals surface area contributed by atoms with Gasteiger partial charge in [-0.05, 0) is 52.6 Å². The second-order valence-electron chi connectivity index (χ2n) is 13.8. The van der Waals surface area contributed by atoms with Gasteiger partial charge >= 0.3 is 18.1 Å². The Hall–Kier alpha value is -6.73. The smallest absolute Gasteiger partial charge is 0.421 e. The number of hydrogen-bond acceptors (Lipinski definition) is 11. The minimum Gasteiger partial charge on any atom is -0.491 e. The molecule has 0 saturated carbocycles. The molecule has 6 unspecified atom stereocenters. The highest BCUT2D eigenvalue weighted by Gasteiger charge is 2.75. The molecule has 4 aromatic rings. The number of carbonyl (C=O) groups excluding carboxylic acids is 5. The molecule has 0 aliphatic carbocycles. The lowest BCUT2D eigenvalue weighted by Gasteiger charge is -2.46. The molecule has 3 heterocycles. The molecule has 3 aliphatic rings. The number of imide groups is 1. The third-order valence-corrected chi connectivity index (χ3v) is 10.6. The van der Waals surface area contributed by atoms with E-state index in [1.54, 1.807) is 36.4 Å². The highest BCUT2D eigenvalue weighted by molar-refractivity contribution is 6.23. The number of urea groups is 1. The molecule has 4 aromatic carbocycles. The zero-order valence-corrected chi connectivity index (χ0v) is 31.4. The van der Waals surface area contributed by atoms with Crippen molar-refractivity contribution < 1.29 is 48.0 Å². The van der Waals surface area contributed by atoms with Gasteiger partial charge in [0.25, 0.3) is 0 Å². The van der Waals surface area contributed by atoms with Crippen molar-refractivity contribution in [2.24, 2.45) is 17.4 Å². The van der Waals surface area contributed by atoms with Gasteiger partial charge in [-0.15, -0.1) is 0 Å². The van der Waals surface area contributed by atoms with Crippen molar-refractivity contribution in [1.82, 2.24) is 10.2 Å². The van der Waals surface area contributed by atoms with E-state index in [2.05, 4.69) is 17.2 Å². The number of fused-ring (bicyclic) bond motifs is 3. The number of nitrogens with one attached hydrogen (secondary N) is 1. The number of carbonyl (C=O) groups is 5. The first-order chi connectivity index (χ1) is 28.1. The standard InChI is InChI=1S/C43H41N5O10/c1-55-23-24-57-42(54)47-32-19-14-26(9-8-20-46-41(45)53)25-31(32)43(40(47)52)33(38(44)50)35-39(51)58-36(28-12-6-3-7-13-28)34(27-10-4-2-5-11-27)48(35)37(43)29-15-17-30(18-16-29)56-22-21-49/h2-7,10-19,25,33-37,49H,20-24H2,1H3,(H2,44,50)(H3,45,46,53). The van der Waals surface area contributed by atoms with Crippen LogP contribution in [0.5, 0.6) is 5.75 Å². The Bertz CT molecular complexity index is 2260. The molecule has 2 fully saturated rings. The molecule has 298 valence electrons. The lowest BCUT2D eigenvalue weighted by molar-refractivity contribution is -0.178. The lowest BCUT2D eigenvalue weighted by Crippen LogP contribution is -2.55. The molecule has 3 aliphatic heterocycles. The van der Waals surface area contributed by atoms with E-state index in [9.17, 15) is 24.3 Å². The van der Waals surface area contributed by atoms with E-state index in [-0.39, 0.29) is 44.2 Å². The van der Waals surface area contributed by atoms with Crippen molar-refractivity contribution in [3.8, 4) is 17.6 Å². The summed E-state index contributed by atoms with van der Waals surface area (Å²) in [6, 6.07) is 25.7. The van der Waals surface area contributed by atoms with Crippen molar-refractivity contribution in [2.75, 3.05) is 45.0 Å². The molecule has 2 saturated heterocycles. The van der Waals surface area contributed by atoms with Crippen LogP contribution in [0.1, 0.15) is 46.0 Å². The summed E-state index contributed by atoms with van der Waals surface area (Å²) in [4.78, 5) is 72.8. The SMILES string of the molecule is COCCOC(=O)N1C(=O)C2(c3cc(C#CCNC(N)=O)ccc31)C(C(N)=O)C1C(=O)OC(c3ccccc3)C(c3ccccc3)N1C2c1ccc(OCCO)cc1. The van der Waals surface area contributed by atoms with Crippen molar-refractivity contribution in [3.05, 3.63) is 131 Å². The second kappa shape index (κ2) is 16.8. The number of benzene rings is 4. The number of nitrogens with two attached hydrogens (primary N) is 2. The minimum atomic E-state index is -2.07. The van der Waals surface area contributed by atoms with Crippen LogP contribution in [0.25, 0.3) is 0 Å². The number of esters is 1. The van der Waals surface area contributed by atoms with E-state index in [1.165, 1.54) is 13.2 Å². The van der Waals surface area contributed by atoms with Gasteiger partial charge in [-0.2, -0.15) is 0 Å². The number of aliphatic hydroxyl groups is 1. The molecule has 1 spiro atoms. The quantitative estimate of drug-likeness (QED) is 0.0986. The molecule has 0 bridgehead atoms. The van der Waals surface area contributed by atoms with Crippen LogP contribution in [-0.2, 0) is 34.0 Å². The largest absolute Gasteiger partial charge is 0.491 e. The van der Waals surface area contributed by atoms with Crippen LogP contribution in [0.2, 0.25) is 0 Å². The Morgan fingerprint density at radius 2 is 1.55 bits per heavy atom. The first-order valence-corrected chi connectivity index (χ1v) is 18.5. The van der Waals surface area contributed by atoms with Gasteiger partial charge in [0.05, 0.1) is 43.4 Å². The monoisotopic (exact) mass is 787 g/mol. The Labute approximate surface area is 333 Å². The summed E-state index contributed by atoms with van der Waals surface area (Å²) in [6.07, 6.45) is -1.96. The molecule has 58 heavy (non-hydrogen) atoms. The third kappa shape index (κ3) is 6.98. The van der Waals surface area contributed by atoms with Crippen LogP contribution in [0.4, 0.5) is 15.3 Å². The maximum atomic E-state index is 15.7. The molecule has 15 heteroatoms. The Morgan fingerprint density at radius 1 is 0.862 bits per heavy atom. The number of aliphatic hydroxyl groups excluding tert-OH is 1. The molecule has 6 atom stereocenters. The summed E-state index contributed by atoms with van der Waals surface area (Å²) in [5.74, 6) is 1.94. The maximum absolute atomic E-state index is 15.7. The van der Waals surface area contributed by atoms with Gasteiger partial charge in [0, 0.05) is 12.7 Å². The number of primary amides is 2. The summed E-state index contributed by atoms with van der Waals surface area (Å²) >= 11 is 0. The van der Waals surface area contributed by atoms with Gasteiger partial charge < -0.3 is 40.8 Å². The number of hydrogen-bond donors (Lipinski definition) is 4. The molecule has 6 N–H and O–H groups in total. The Kier molecular flexibility index (Phi) is 11.4. The Balaban J connectivity index is 1.53. The van der Waals surface area contributed by atoms with E-state index in [1.807, 2.05) is 65.6 Å². The predicted molar refractivity (Wildman–Crippen MR) is 208 cm³/mol. The van der Waals surface area contributed by atoms with E-state index in [4.69, 9.17) is 30.4 Å². The average molecular weight is 788 g/mol. The summed E-state index contributed by atoms with van der Waals surface area (Å²) in [7, 11) is 1.43. The van der Waals surface area contributed by atoms with Crippen LogP contribution in [0.3, 0.4) is 0 Å². The van der Waals surface area contributed by atoms with Crippen molar-refractivity contribution in [2.45, 2.75) is 29.6 Å². The molecule has 15 nitrogen and oxygen atoms in total. The number of ether oxygens (including phenoxy) is 4. The summed E-state index contributed by atoms with van der Waals surface area (Å²) in [6.45, 7) is -0.441. The second-order valence-corrected chi connectivity index (χ2v) is 13.8. The number of nitrogens with zero attached hydrogens (tertiary/aromatic N) is 2. The van der Waals surface area contributed by atoms with Gasteiger partial charge in [-0.3, -0.25) is 19.3 Å². The summed E-state index contributed by atoms with van der Waals surface area (Å²) in [5.41, 5.74) is 12.0. The molecule has 0 radical (unpaired) electrons. The highest BCUT2D eigenvalue weighted by atomic mass is 16.6. The highest BCUT2D eigenvalue weighted by Crippen LogP contribution is 2.65. The zero-order valence-electron chi connectivity index (χ0n) is 31.4. The number of cyclic esters (lactones) is 1. The first kappa shape index (κ1) is 39.5. The van der Waals surface area contributed by atoms with E-state index < -0.39 is 65.5 Å². The van der Waals surface area contributed by atoms with Crippen LogP contribution < -0.4 is 26.4 Å². The number of morpholine rings is 1. The number of anilines is 1. The van der Waals surface area contributed by atoms with Crippen LogP contribution in [0, 0.1) is 17.8 Å². The number of amides is 5. The van der Waals surface area contributed by atoms with Crippen LogP contribution >= 0.6 is 0 Å². The number of methoxy groups -OCH3 is 1. The fraction of sp³-hybridized carbons (Fsp3) is 0.279. The van der Waals surface area contributed by atoms with Crippen LogP contribution in [0.15, 0.2) is 103 Å². The minimum absolute atomic E-state index is 0.0239. The van der Waals surface area contributed by atoms with Gasteiger partial charge in [0.2, 0.25) is 11.8 Å². The number of rotatable bonds is 11. The molecule has 5 amide bonds. The van der Waals surface area contributed by atoms with Gasteiger partial charge in [-0.25, -0.2) is 14.5 Å². The molecular formula is C43H41N5O10. The summed E-state index contributed by atoms with van der Waals surface area (Å²) in [5, 5.41) is 11.8. The Morgan fingerprint density at radius 3 is 2.19 bits per heavy atom. The molecular weight excluding hydrogens is 746 g/mol. The van der Waals surface area contributed by atoms with E-state index in [0.717, 1.165) is 4.90 Å². The van der Waals surface area contributed by atoms with Gasteiger partial charge in [0.1, 0.15) is 36.5 Å². The van der Waals surface area contributed by atoms with Crippen LogP contribution in [-0.4, -0.2) is 86.0 Å². The maximum Gasteiger partial charge on any atom is 0.421 e. The van der Waals surface area contributed by atoms with Gasteiger partial charge in [-0.1, -0.05) is 84.6 Å². The normalized spacial score (nSPS) is 23.3. The predicted octanol–water partition coefficient (Wildman–Crippen LogP) is 3.01. The third-order valence-electron chi connectivity index (χ3n) is 10.6. The first-order valence-electron chi connectivity index (χ1n) is 18.5. The lowest BCUT2D eigenvalue weighted by atomic mass is 9.65. The summed E-state index contributed by atoms with van der Waals surface area (Å²) < 4.78 is 22.6. The topological polar surface area (TPSA) is 213 Å². The van der Waals surface area contributed by atoms with E-state index in [0.29, 0.717) is 28.0 Å². The van der Waals surface area contributed by atoms with Crippen molar-refractivity contribution in [1.29, 1.82) is 0 Å². The van der Waals surface area contributed by atoms with Crippen molar-refractivity contribution in [3.63, 3.8) is 0 Å². The van der Waals surface area contributed by atoms with Crippen molar-refractivity contribution >= 4 is 35.6 Å². The molecule has 0 aromatic heterocycles. The fourth-order valence-corrected chi connectivity index (χ4v) is 8.46. The van der Waals surface area contributed by atoms with E-state index >= 15 is 4.79 Å². The zero-order chi connectivity index (χ0) is 41.0. The fourth-order valence-electron chi connectivity index (χ4n) is 8.46. The average Bonchev–Trinajstić information content (AvgIpc) is 3.69. The van der Waals surface area contributed by atoms with Gasteiger partial charge in [0.15, 0.2) is 0 Å². The molecule has 7 rings (SSSR count).